The number of nitrogens with zero attached hydrogens (tertiary/aromatic N) is 6. The van der Waals surface area contributed by atoms with Gasteiger partial charge in [0.15, 0.2) is 0 Å². The maximum atomic E-state index is 12.8. The first kappa shape index (κ1) is 20.8. The summed E-state index contributed by atoms with van der Waals surface area (Å²) >= 11 is 7.01. The predicted molar refractivity (Wildman–Crippen MR) is 117 cm³/mol. The van der Waals surface area contributed by atoms with E-state index in [1.165, 1.54) is 4.31 Å². The molecular weight excluding hydrogens is 432 g/mol. The molecule has 2 fully saturated rings. The smallest absolute Gasteiger partial charge is 0.252 e. The summed E-state index contributed by atoms with van der Waals surface area (Å²) in [5.41, 5.74) is 0.923. The van der Waals surface area contributed by atoms with Gasteiger partial charge in [0.2, 0.25) is 5.95 Å². The van der Waals surface area contributed by atoms with Crippen LogP contribution in [0.15, 0.2) is 22.4 Å². The largest absolute Gasteiger partial charge is 0.354 e. The van der Waals surface area contributed by atoms with Gasteiger partial charge in [0.25, 0.3) is 10.0 Å². The third-order valence-corrected chi connectivity index (χ3v) is 8.92. The van der Waals surface area contributed by atoms with Gasteiger partial charge in [0, 0.05) is 64.1 Å². The zero-order chi connectivity index (χ0) is 20.6. The van der Waals surface area contributed by atoms with Crippen molar-refractivity contribution in [2.75, 3.05) is 69.2 Å². The number of likely N-dealkylation sites (N-methyl/N-ethyl adjacent to an activating group) is 1. The van der Waals surface area contributed by atoms with Gasteiger partial charge in [-0.25, -0.2) is 13.4 Å². The third kappa shape index (κ3) is 4.51. The van der Waals surface area contributed by atoms with E-state index in [0.717, 1.165) is 49.0 Å². The summed E-state index contributed by atoms with van der Waals surface area (Å²) in [6.07, 6.45) is 0. The summed E-state index contributed by atoms with van der Waals surface area (Å²) in [5.74, 6) is 1.62. The highest BCUT2D eigenvalue weighted by Gasteiger charge is 2.30. The standard InChI is InChI=1S/C18H25ClN6O2S2/c1-14-13-16(23-7-5-22(2)6-8-23)21-18(20-14)24-9-11-25(12-10-24)29(26,27)17-4-3-15(19)28-17/h3-4,13H,5-12H2,1-2H3. The van der Waals surface area contributed by atoms with Crippen molar-refractivity contribution >= 4 is 44.7 Å². The van der Waals surface area contributed by atoms with Crippen LogP contribution in [0.3, 0.4) is 0 Å². The molecule has 2 aliphatic heterocycles. The van der Waals surface area contributed by atoms with Crippen molar-refractivity contribution in [2.45, 2.75) is 11.1 Å². The minimum Gasteiger partial charge on any atom is -0.354 e. The number of rotatable bonds is 4. The number of thiophene rings is 1. The zero-order valence-electron chi connectivity index (χ0n) is 16.6. The summed E-state index contributed by atoms with van der Waals surface area (Å²) < 4.78 is 27.9. The molecule has 0 bridgehead atoms. The number of sulfonamides is 1. The Morgan fingerprint density at radius 2 is 1.62 bits per heavy atom. The van der Waals surface area contributed by atoms with Crippen molar-refractivity contribution in [1.29, 1.82) is 0 Å². The summed E-state index contributed by atoms with van der Waals surface area (Å²) in [7, 11) is -1.37. The second-order valence-electron chi connectivity index (χ2n) is 7.41. The molecular formula is C18H25ClN6O2S2. The molecule has 0 amide bonds. The van der Waals surface area contributed by atoms with Crippen LogP contribution in [-0.4, -0.2) is 87.0 Å². The maximum absolute atomic E-state index is 12.8. The Hall–Kier alpha value is -1.46. The average Bonchev–Trinajstić information content (AvgIpc) is 3.15. The normalized spacial score (nSPS) is 19.7. The van der Waals surface area contributed by atoms with E-state index in [9.17, 15) is 8.42 Å². The van der Waals surface area contributed by atoms with Gasteiger partial charge in [0.1, 0.15) is 10.0 Å². The molecule has 2 aromatic rings. The molecule has 0 radical (unpaired) electrons. The van der Waals surface area contributed by atoms with Crippen LogP contribution >= 0.6 is 22.9 Å². The molecule has 0 saturated carbocycles. The fourth-order valence-corrected chi connectivity index (χ4v) is 6.63. The molecule has 2 aliphatic rings. The monoisotopic (exact) mass is 456 g/mol. The molecule has 0 spiro atoms. The highest BCUT2D eigenvalue weighted by Crippen LogP contribution is 2.29. The lowest BCUT2D eigenvalue weighted by atomic mass is 10.3. The molecule has 0 atom stereocenters. The highest BCUT2D eigenvalue weighted by molar-refractivity contribution is 7.91. The number of hydrogen-bond acceptors (Lipinski definition) is 8. The molecule has 0 aromatic carbocycles. The molecule has 8 nitrogen and oxygen atoms in total. The van der Waals surface area contributed by atoms with E-state index in [-0.39, 0.29) is 0 Å². The maximum Gasteiger partial charge on any atom is 0.252 e. The van der Waals surface area contributed by atoms with Crippen LogP contribution in [0.4, 0.5) is 11.8 Å². The number of hydrogen-bond donors (Lipinski definition) is 0. The molecule has 158 valence electrons. The first-order valence-electron chi connectivity index (χ1n) is 9.62. The lowest BCUT2D eigenvalue weighted by Crippen LogP contribution is -2.49. The van der Waals surface area contributed by atoms with Crippen molar-refractivity contribution in [3.8, 4) is 0 Å². The van der Waals surface area contributed by atoms with E-state index in [4.69, 9.17) is 16.6 Å². The van der Waals surface area contributed by atoms with E-state index in [2.05, 4.69) is 26.7 Å². The van der Waals surface area contributed by atoms with Gasteiger partial charge in [-0.3, -0.25) is 0 Å². The van der Waals surface area contributed by atoms with Crippen LogP contribution in [-0.2, 0) is 10.0 Å². The Bertz CT molecular complexity index is 966. The fourth-order valence-electron chi connectivity index (χ4n) is 3.57. The van der Waals surface area contributed by atoms with Crippen molar-refractivity contribution in [2.24, 2.45) is 0 Å². The van der Waals surface area contributed by atoms with Gasteiger partial charge in [0.05, 0.1) is 4.34 Å². The van der Waals surface area contributed by atoms with E-state index in [1.54, 1.807) is 12.1 Å². The zero-order valence-corrected chi connectivity index (χ0v) is 19.0. The molecule has 2 aromatic heterocycles. The minimum absolute atomic E-state index is 0.292. The van der Waals surface area contributed by atoms with Crippen molar-refractivity contribution in [3.05, 3.63) is 28.2 Å². The minimum atomic E-state index is -3.50. The lowest BCUT2D eigenvalue weighted by molar-refractivity contribution is 0.312. The molecule has 0 unspecified atom stereocenters. The van der Waals surface area contributed by atoms with E-state index < -0.39 is 10.0 Å². The molecule has 0 N–H and O–H groups in total. The Morgan fingerprint density at radius 3 is 2.24 bits per heavy atom. The van der Waals surface area contributed by atoms with E-state index in [0.29, 0.717) is 40.7 Å². The number of aromatic nitrogens is 2. The summed E-state index contributed by atoms with van der Waals surface area (Å²) in [5, 5.41) is 0. The van der Waals surface area contributed by atoms with E-state index in [1.807, 2.05) is 13.0 Å². The van der Waals surface area contributed by atoms with Gasteiger partial charge in [-0.2, -0.15) is 9.29 Å². The predicted octanol–water partition coefficient (Wildman–Crippen LogP) is 1.76. The van der Waals surface area contributed by atoms with Crippen molar-refractivity contribution < 1.29 is 8.42 Å². The van der Waals surface area contributed by atoms with Crippen LogP contribution < -0.4 is 9.80 Å². The second kappa shape index (κ2) is 8.35. The van der Waals surface area contributed by atoms with Gasteiger partial charge in [-0.05, 0) is 26.1 Å². The van der Waals surface area contributed by atoms with Gasteiger partial charge in [-0.15, -0.1) is 11.3 Å². The quantitative estimate of drug-likeness (QED) is 0.694. The number of piperazine rings is 2. The number of aryl methyl sites for hydroxylation is 1. The Balaban J connectivity index is 1.46. The first-order valence-corrected chi connectivity index (χ1v) is 12.3. The Morgan fingerprint density at radius 1 is 0.966 bits per heavy atom. The fraction of sp³-hybridized carbons (Fsp3) is 0.556. The lowest BCUT2D eigenvalue weighted by Gasteiger charge is -2.35. The van der Waals surface area contributed by atoms with Crippen LogP contribution in [0, 0.1) is 6.92 Å². The van der Waals surface area contributed by atoms with Gasteiger partial charge in [-0.1, -0.05) is 11.6 Å². The van der Waals surface area contributed by atoms with Crippen LogP contribution in [0.25, 0.3) is 0 Å². The second-order valence-corrected chi connectivity index (χ2v) is 11.3. The average molecular weight is 457 g/mol. The molecule has 4 rings (SSSR count). The molecule has 11 heteroatoms. The highest BCUT2D eigenvalue weighted by atomic mass is 35.5. The number of halogens is 1. The van der Waals surface area contributed by atoms with E-state index >= 15 is 0 Å². The summed E-state index contributed by atoms with van der Waals surface area (Å²) in [4.78, 5) is 16.1. The van der Waals surface area contributed by atoms with Crippen molar-refractivity contribution in [3.63, 3.8) is 0 Å². The Labute approximate surface area is 180 Å². The van der Waals surface area contributed by atoms with Crippen molar-refractivity contribution in [1.82, 2.24) is 19.2 Å². The SMILES string of the molecule is Cc1cc(N2CCN(C)CC2)nc(N2CCN(S(=O)(=O)c3ccc(Cl)s3)CC2)n1. The topological polar surface area (TPSA) is 72.9 Å². The van der Waals surface area contributed by atoms with Gasteiger partial charge >= 0.3 is 0 Å². The van der Waals surface area contributed by atoms with Crippen LogP contribution in [0.2, 0.25) is 4.34 Å². The molecule has 4 heterocycles. The summed E-state index contributed by atoms with van der Waals surface area (Å²) in [6, 6.07) is 5.21. The molecule has 0 aliphatic carbocycles. The van der Waals surface area contributed by atoms with Crippen LogP contribution in [0.1, 0.15) is 5.69 Å². The number of anilines is 2. The summed E-state index contributed by atoms with van der Waals surface area (Å²) in [6.45, 7) is 7.82. The van der Waals surface area contributed by atoms with Crippen LogP contribution in [0.5, 0.6) is 0 Å². The third-order valence-electron chi connectivity index (χ3n) is 5.32. The Kier molecular flexibility index (Phi) is 5.99. The first-order chi connectivity index (χ1) is 13.8. The molecule has 29 heavy (non-hydrogen) atoms. The van der Waals surface area contributed by atoms with Gasteiger partial charge < -0.3 is 14.7 Å². The molecule has 2 saturated heterocycles.